The van der Waals surface area contributed by atoms with Gasteiger partial charge in [-0.25, -0.2) is 4.79 Å². The van der Waals surface area contributed by atoms with Crippen LogP contribution < -0.4 is 5.32 Å². The number of hydrogen-bond donors (Lipinski definition) is 2. The van der Waals surface area contributed by atoms with Crippen LogP contribution in [0.1, 0.15) is 54.4 Å². The number of amides is 1. The van der Waals surface area contributed by atoms with Crippen molar-refractivity contribution in [3.63, 3.8) is 0 Å². The number of fused-ring (bicyclic) bond motifs is 2. The minimum Gasteiger partial charge on any atom is -0.481 e. The van der Waals surface area contributed by atoms with Gasteiger partial charge in [0.05, 0.1) is 11.5 Å². The molecule has 0 aromatic heterocycles. The summed E-state index contributed by atoms with van der Waals surface area (Å²) >= 11 is 0. The van der Waals surface area contributed by atoms with Gasteiger partial charge in [-0.1, -0.05) is 13.8 Å². The first kappa shape index (κ1) is 16.1. The zero-order chi connectivity index (χ0) is 16.2. The van der Waals surface area contributed by atoms with Crippen LogP contribution in [0.2, 0.25) is 0 Å². The highest BCUT2D eigenvalue weighted by molar-refractivity contribution is 5.76. The van der Waals surface area contributed by atoms with Crippen molar-refractivity contribution >= 4 is 12.1 Å². The van der Waals surface area contributed by atoms with Gasteiger partial charge in [0.25, 0.3) is 0 Å². The Balaban J connectivity index is 2.22. The number of carbonyl (C=O) groups excluding carboxylic acids is 1. The fourth-order valence-corrected chi connectivity index (χ4v) is 4.26. The van der Waals surface area contributed by atoms with Gasteiger partial charge in [0.1, 0.15) is 5.60 Å². The van der Waals surface area contributed by atoms with Crippen LogP contribution in [0, 0.1) is 23.2 Å². The van der Waals surface area contributed by atoms with E-state index in [1.165, 1.54) is 0 Å². The molecule has 1 amide bonds. The summed E-state index contributed by atoms with van der Waals surface area (Å²) in [6, 6.07) is 0. The molecule has 3 aliphatic carbocycles. The van der Waals surface area contributed by atoms with Crippen LogP contribution in [0.4, 0.5) is 4.79 Å². The minimum atomic E-state index is -0.834. The van der Waals surface area contributed by atoms with Crippen LogP contribution in [0.25, 0.3) is 0 Å². The fourth-order valence-electron chi connectivity index (χ4n) is 4.26. The molecule has 5 heteroatoms. The topological polar surface area (TPSA) is 75.6 Å². The average molecular weight is 297 g/mol. The summed E-state index contributed by atoms with van der Waals surface area (Å²) in [4.78, 5) is 23.8. The molecule has 5 nitrogen and oxygen atoms in total. The van der Waals surface area contributed by atoms with Gasteiger partial charge in [-0.3, -0.25) is 4.79 Å². The van der Waals surface area contributed by atoms with Crippen LogP contribution in [-0.4, -0.2) is 28.3 Å². The molecule has 3 saturated carbocycles. The number of ether oxygens (including phenoxy) is 1. The van der Waals surface area contributed by atoms with Crippen LogP contribution in [-0.2, 0) is 9.53 Å². The molecule has 4 atom stereocenters. The van der Waals surface area contributed by atoms with E-state index in [0.29, 0.717) is 12.3 Å². The van der Waals surface area contributed by atoms with Crippen molar-refractivity contribution in [2.45, 2.75) is 65.5 Å². The maximum Gasteiger partial charge on any atom is 0.408 e. The summed E-state index contributed by atoms with van der Waals surface area (Å²) in [5, 5.41) is 12.4. The Morgan fingerprint density at radius 2 is 1.76 bits per heavy atom. The lowest BCUT2D eigenvalue weighted by atomic mass is 9.41. The molecule has 2 bridgehead atoms. The number of nitrogens with one attached hydrogen (secondary N) is 1. The van der Waals surface area contributed by atoms with Crippen molar-refractivity contribution in [2.75, 3.05) is 0 Å². The fraction of sp³-hybridized carbons (Fsp3) is 0.875. The van der Waals surface area contributed by atoms with E-state index in [1.807, 2.05) is 6.92 Å². The molecule has 2 N–H and O–H groups in total. The molecule has 21 heavy (non-hydrogen) atoms. The molecule has 3 rings (SSSR count). The Morgan fingerprint density at radius 1 is 1.19 bits per heavy atom. The van der Waals surface area contributed by atoms with E-state index in [1.54, 1.807) is 20.8 Å². The molecular formula is C16H27NO4. The Hall–Kier alpha value is -1.26. The molecule has 0 aromatic carbocycles. The van der Waals surface area contributed by atoms with Gasteiger partial charge >= 0.3 is 12.1 Å². The molecule has 120 valence electrons. The van der Waals surface area contributed by atoms with Gasteiger partial charge in [0, 0.05) is 0 Å². The number of alkyl carbamates (subject to hydrolysis) is 1. The van der Waals surface area contributed by atoms with Crippen LogP contribution >= 0.6 is 0 Å². The second-order valence-corrected chi connectivity index (χ2v) is 8.34. The predicted molar refractivity (Wildman–Crippen MR) is 78.9 cm³/mol. The Bertz CT molecular complexity index is 465. The van der Waals surface area contributed by atoms with Crippen molar-refractivity contribution in [1.82, 2.24) is 5.32 Å². The second-order valence-electron chi connectivity index (χ2n) is 8.34. The van der Waals surface area contributed by atoms with E-state index < -0.39 is 29.1 Å². The maximum absolute atomic E-state index is 12.1. The SMILES string of the molecule is CC(C)(C)OC(=O)NC1(C)C(C(=O)O)CC2CC1C2(C)C. The molecule has 3 aliphatic rings. The molecule has 0 heterocycles. The zero-order valence-corrected chi connectivity index (χ0v) is 13.8. The van der Waals surface area contributed by atoms with Crippen LogP contribution in [0.15, 0.2) is 0 Å². The molecule has 0 radical (unpaired) electrons. The van der Waals surface area contributed by atoms with Crippen molar-refractivity contribution in [3.8, 4) is 0 Å². The zero-order valence-electron chi connectivity index (χ0n) is 13.8. The highest BCUT2D eigenvalue weighted by Gasteiger charge is 2.65. The number of carbonyl (C=O) groups is 2. The van der Waals surface area contributed by atoms with Crippen molar-refractivity contribution in [2.24, 2.45) is 23.2 Å². The smallest absolute Gasteiger partial charge is 0.408 e. The summed E-state index contributed by atoms with van der Waals surface area (Å²) in [6.07, 6.45) is 1.06. The molecule has 0 aliphatic heterocycles. The van der Waals surface area contributed by atoms with E-state index in [-0.39, 0.29) is 11.3 Å². The summed E-state index contributed by atoms with van der Waals surface area (Å²) in [6.45, 7) is 11.6. The Morgan fingerprint density at radius 3 is 2.19 bits per heavy atom. The summed E-state index contributed by atoms with van der Waals surface area (Å²) < 4.78 is 5.32. The lowest BCUT2D eigenvalue weighted by Crippen LogP contribution is -2.72. The first-order valence-electron chi connectivity index (χ1n) is 7.62. The van der Waals surface area contributed by atoms with E-state index in [2.05, 4.69) is 19.2 Å². The van der Waals surface area contributed by atoms with E-state index in [9.17, 15) is 14.7 Å². The number of rotatable bonds is 2. The van der Waals surface area contributed by atoms with E-state index in [4.69, 9.17) is 4.74 Å². The highest BCUT2D eigenvalue weighted by Crippen LogP contribution is 2.64. The predicted octanol–water partition coefficient (Wildman–Crippen LogP) is 3.04. The van der Waals surface area contributed by atoms with Crippen molar-refractivity contribution in [1.29, 1.82) is 0 Å². The molecular weight excluding hydrogens is 270 g/mol. The summed E-state index contributed by atoms with van der Waals surface area (Å²) in [5.41, 5.74) is -1.28. The molecule has 0 saturated heterocycles. The number of carboxylic acids is 1. The molecule has 4 unspecified atom stereocenters. The second kappa shape index (κ2) is 4.62. The molecule has 0 spiro atoms. The number of carboxylic acid groups (broad SMARTS) is 1. The first-order valence-corrected chi connectivity index (χ1v) is 7.62. The van der Waals surface area contributed by atoms with Gasteiger partial charge < -0.3 is 15.2 Å². The maximum atomic E-state index is 12.1. The van der Waals surface area contributed by atoms with Crippen molar-refractivity contribution in [3.05, 3.63) is 0 Å². The van der Waals surface area contributed by atoms with Gasteiger partial charge in [-0.15, -0.1) is 0 Å². The summed E-state index contributed by atoms with van der Waals surface area (Å²) in [5.74, 6) is -0.796. The number of hydrogen-bond acceptors (Lipinski definition) is 3. The van der Waals surface area contributed by atoms with Gasteiger partial charge in [0.15, 0.2) is 0 Å². The van der Waals surface area contributed by atoms with Crippen LogP contribution in [0.5, 0.6) is 0 Å². The van der Waals surface area contributed by atoms with Gasteiger partial charge in [0.2, 0.25) is 0 Å². The standard InChI is InChI=1S/C16H27NO4/c1-14(2,3)21-13(20)17-16(6)10(12(18)19)7-9-8-11(16)15(9,4)5/h9-11H,7-8H2,1-6H3,(H,17,20)(H,18,19). The third-order valence-corrected chi connectivity index (χ3v) is 5.51. The molecule has 0 aromatic rings. The van der Waals surface area contributed by atoms with E-state index >= 15 is 0 Å². The Labute approximate surface area is 126 Å². The number of aliphatic carboxylic acids is 1. The summed E-state index contributed by atoms with van der Waals surface area (Å²) in [7, 11) is 0. The third kappa shape index (κ3) is 2.62. The lowest BCUT2D eigenvalue weighted by Gasteiger charge is -2.66. The largest absolute Gasteiger partial charge is 0.481 e. The quantitative estimate of drug-likeness (QED) is 0.821. The monoisotopic (exact) mass is 297 g/mol. The normalized spacial score (nSPS) is 37.3. The van der Waals surface area contributed by atoms with Crippen molar-refractivity contribution < 1.29 is 19.4 Å². The lowest BCUT2D eigenvalue weighted by molar-refractivity contribution is -0.178. The average Bonchev–Trinajstić information content (AvgIpc) is 2.23. The Kier molecular flexibility index (Phi) is 3.54. The van der Waals surface area contributed by atoms with Gasteiger partial charge in [-0.05, 0) is 57.8 Å². The minimum absolute atomic E-state index is 0.0652. The highest BCUT2D eigenvalue weighted by atomic mass is 16.6. The first-order chi connectivity index (χ1) is 9.38. The van der Waals surface area contributed by atoms with Crippen LogP contribution in [0.3, 0.4) is 0 Å². The van der Waals surface area contributed by atoms with E-state index in [0.717, 1.165) is 6.42 Å². The third-order valence-electron chi connectivity index (χ3n) is 5.51. The molecule has 3 fully saturated rings. The van der Waals surface area contributed by atoms with Gasteiger partial charge in [-0.2, -0.15) is 0 Å².